The smallest absolute Gasteiger partial charge is 0.315 e. The molecule has 1 heterocycles. The topological polar surface area (TPSA) is 54.3 Å². The Labute approximate surface area is 157 Å². The summed E-state index contributed by atoms with van der Waals surface area (Å²) in [6.45, 7) is 0.467. The summed E-state index contributed by atoms with van der Waals surface area (Å²) in [4.78, 5) is 12.5. The molecule has 4 aromatic rings. The van der Waals surface area contributed by atoms with Crippen molar-refractivity contribution in [3.8, 4) is 0 Å². The molecule has 27 heavy (non-hydrogen) atoms. The maximum absolute atomic E-state index is 12.5. The molecule has 1 atom stereocenters. The van der Waals surface area contributed by atoms with Crippen LogP contribution in [0.5, 0.6) is 0 Å². The third-order valence-electron chi connectivity index (χ3n) is 4.43. The SMILES string of the molecule is O=C(NCc1ccccc1)NC(c1ccccc1)c1cc2ccccc2o1. The summed E-state index contributed by atoms with van der Waals surface area (Å²) in [6, 6.07) is 28.9. The Morgan fingerprint density at radius 2 is 1.52 bits per heavy atom. The van der Waals surface area contributed by atoms with Crippen LogP contribution in [0.4, 0.5) is 4.79 Å². The first-order valence-electron chi connectivity index (χ1n) is 8.91. The number of hydrogen-bond donors (Lipinski definition) is 2. The summed E-state index contributed by atoms with van der Waals surface area (Å²) in [5, 5.41) is 6.96. The van der Waals surface area contributed by atoms with E-state index in [4.69, 9.17) is 4.42 Å². The zero-order valence-electron chi connectivity index (χ0n) is 14.8. The number of para-hydroxylation sites is 1. The lowest BCUT2D eigenvalue weighted by atomic mass is 10.0. The molecule has 0 spiro atoms. The molecule has 0 saturated heterocycles. The molecule has 0 bridgehead atoms. The highest BCUT2D eigenvalue weighted by Crippen LogP contribution is 2.28. The highest BCUT2D eigenvalue weighted by Gasteiger charge is 2.20. The molecule has 0 aliphatic rings. The first-order chi connectivity index (χ1) is 13.3. The molecule has 0 aliphatic carbocycles. The van der Waals surface area contributed by atoms with Crippen molar-refractivity contribution in [2.45, 2.75) is 12.6 Å². The van der Waals surface area contributed by atoms with E-state index in [9.17, 15) is 4.79 Å². The second kappa shape index (κ2) is 7.79. The molecule has 0 aliphatic heterocycles. The van der Waals surface area contributed by atoms with E-state index in [0.29, 0.717) is 12.3 Å². The summed E-state index contributed by atoms with van der Waals surface area (Å²) >= 11 is 0. The molecule has 4 heteroatoms. The lowest BCUT2D eigenvalue weighted by Crippen LogP contribution is -2.37. The lowest BCUT2D eigenvalue weighted by molar-refractivity contribution is 0.237. The zero-order chi connectivity index (χ0) is 18.5. The van der Waals surface area contributed by atoms with Crippen LogP contribution in [0.1, 0.15) is 22.9 Å². The van der Waals surface area contributed by atoms with Crippen LogP contribution in [0, 0.1) is 0 Å². The van der Waals surface area contributed by atoms with Gasteiger partial charge in [0.1, 0.15) is 17.4 Å². The van der Waals surface area contributed by atoms with Crippen LogP contribution < -0.4 is 10.6 Å². The Hall–Kier alpha value is -3.53. The second-order valence-corrected chi connectivity index (χ2v) is 6.34. The predicted molar refractivity (Wildman–Crippen MR) is 106 cm³/mol. The van der Waals surface area contributed by atoms with Crippen molar-refractivity contribution in [3.05, 3.63) is 108 Å². The van der Waals surface area contributed by atoms with Crippen molar-refractivity contribution in [2.75, 3.05) is 0 Å². The van der Waals surface area contributed by atoms with Crippen LogP contribution in [0.15, 0.2) is 95.4 Å². The zero-order valence-corrected chi connectivity index (χ0v) is 14.8. The molecule has 3 aromatic carbocycles. The van der Waals surface area contributed by atoms with Gasteiger partial charge in [0, 0.05) is 11.9 Å². The molecule has 134 valence electrons. The standard InChI is InChI=1S/C23H20N2O2/c26-23(24-16-17-9-3-1-4-10-17)25-22(18-11-5-2-6-12-18)21-15-19-13-7-8-14-20(19)27-21/h1-15,22H,16H2,(H2,24,25,26). The van der Waals surface area contributed by atoms with E-state index in [1.54, 1.807) is 0 Å². The minimum absolute atomic E-state index is 0.242. The van der Waals surface area contributed by atoms with Crippen molar-refractivity contribution in [2.24, 2.45) is 0 Å². The van der Waals surface area contributed by atoms with Crippen molar-refractivity contribution in [1.82, 2.24) is 10.6 Å². The van der Waals surface area contributed by atoms with Crippen LogP contribution in [0.2, 0.25) is 0 Å². The van der Waals surface area contributed by atoms with Gasteiger partial charge in [0.15, 0.2) is 0 Å². The van der Waals surface area contributed by atoms with E-state index in [1.165, 1.54) is 0 Å². The molecular formula is C23H20N2O2. The van der Waals surface area contributed by atoms with E-state index >= 15 is 0 Å². The van der Waals surface area contributed by atoms with E-state index in [1.807, 2.05) is 91.0 Å². The van der Waals surface area contributed by atoms with E-state index in [2.05, 4.69) is 10.6 Å². The minimum Gasteiger partial charge on any atom is -0.459 e. The number of hydrogen-bond acceptors (Lipinski definition) is 2. The van der Waals surface area contributed by atoms with Crippen LogP contribution in [0.3, 0.4) is 0 Å². The van der Waals surface area contributed by atoms with Gasteiger partial charge in [-0.3, -0.25) is 0 Å². The van der Waals surface area contributed by atoms with Gasteiger partial charge in [0.25, 0.3) is 0 Å². The fourth-order valence-electron chi connectivity index (χ4n) is 3.07. The largest absolute Gasteiger partial charge is 0.459 e. The van der Waals surface area contributed by atoms with Gasteiger partial charge in [-0.05, 0) is 23.3 Å². The number of fused-ring (bicyclic) bond motifs is 1. The lowest BCUT2D eigenvalue weighted by Gasteiger charge is -2.17. The maximum atomic E-state index is 12.5. The van der Waals surface area contributed by atoms with Gasteiger partial charge in [0.05, 0.1) is 0 Å². The Bertz CT molecular complexity index is 993. The van der Waals surface area contributed by atoms with Gasteiger partial charge >= 0.3 is 6.03 Å². The average molecular weight is 356 g/mol. The number of carbonyl (C=O) groups excluding carboxylic acids is 1. The maximum Gasteiger partial charge on any atom is 0.315 e. The summed E-state index contributed by atoms with van der Waals surface area (Å²) in [6.07, 6.45) is 0. The van der Waals surface area contributed by atoms with Gasteiger partial charge in [0.2, 0.25) is 0 Å². The van der Waals surface area contributed by atoms with Crippen LogP contribution in [0.25, 0.3) is 11.0 Å². The Morgan fingerprint density at radius 3 is 2.26 bits per heavy atom. The monoisotopic (exact) mass is 356 g/mol. The fourth-order valence-corrected chi connectivity index (χ4v) is 3.07. The van der Waals surface area contributed by atoms with Gasteiger partial charge in [-0.25, -0.2) is 4.79 Å². The normalized spacial score (nSPS) is 11.9. The summed E-state index contributed by atoms with van der Waals surface area (Å²) in [5.74, 6) is 0.706. The number of rotatable bonds is 5. The van der Waals surface area contributed by atoms with Crippen LogP contribution in [-0.2, 0) is 6.54 Å². The van der Waals surface area contributed by atoms with E-state index in [0.717, 1.165) is 22.1 Å². The molecule has 0 fully saturated rings. The molecule has 1 aromatic heterocycles. The van der Waals surface area contributed by atoms with Crippen molar-refractivity contribution >= 4 is 17.0 Å². The Kier molecular flexibility index (Phi) is 4.88. The summed E-state index contributed by atoms with van der Waals surface area (Å²) in [7, 11) is 0. The average Bonchev–Trinajstić information content (AvgIpc) is 3.16. The second-order valence-electron chi connectivity index (χ2n) is 6.34. The molecule has 4 rings (SSSR count). The number of nitrogens with one attached hydrogen (secondary N) is 2. The predicted octanol–water partition coefficient (Wildman–Crippen LogP) is 5.02. The summed E-state index contributed by atoms with van der Waals surface area (Å²) < 4.78 is 6.01. The molecular weight excluding hydrogens is 336 g/mol. The Balaban J connectivity index is 1.56. The molecule has 0 saturated carbocycles. The third-order valence-corrected chi connectivity index (χ3v) is 4.43. The fraction of sp³-hybridized carbons (Fsp3) is 0.0870. The first-order valence-corrected chi connectivity index (χ1v) is 8.91. The molecule has 2 amide bonds. The molecule has 4 nitrogen and oxygen atoms in total. The molecule has 2 N–H and O–H groups in total. The number of furan rings is 1. The van der Waals surface area contributed by atoms with Crippen LogP contribution >= 0.6 is 0 Å². The van der Waals surface area contributed by atoms with Gasteiger partial charge in [-0.15, -0.1) is 0 Å². The van der Waals surface area contributed by atoms with Gasteiger partial charge in [-0.1, -0.05) is 78.9 Å². The summed E-state index contributed by atoms with van der Waals surface area (Å²) in [5.41, 5.74) is 2.82. The first kappa shape index (κ1) is 16.9. The van der Waals surface area contributed by atoms with Crippen molar-refractivity contribution in [3.63, 3.8) is 0 Å². The van der Waals surface area contributed by atoms with Crippen molar-refractivity contribution < 1.29 is 9.21 Å². The number of amides is 2. The number of carbonyl (C=O) groups is 1. The van der Waals surface area contributed by atoms with E-state index < -0.39 is 0 Å². The van der Waals surface area contributed by atoms with E-state index in [-0.39, 0.29) is 12.1 Å². The number of urea groups is 1. The molecule has 0 radical (unpaired) electrons. The molecule has 1 unspecified atom stereocenters. The Morgan fingerprint density at radius 1 is 0.852 bits per heavy atom. The quantitative estimate of drug-likeness (QED) is 0.527. The number of benzene rings is 3. The highest BCUT2D eigenvalue weighted by atomic mass is 16.3. The minimum atomic E-state index is -0.366. The highest BCUT2D eigenvalue weighted by molar-refractivity contribution is 5.79. The van der Waals surface area contributed by atoms with Crippen LogP contribution in [-0.4, -0.2) is 6.03 Å². The third kappa shape index (κ3) is 4.01. The van der Waals surface area contributed by atoms with Gasteiger partial charge in [-0.2, -0.15) is 0 Å². The van der Waals surface area contributed by atoms with Crippen molar-refractivity contribution in [1.29, 1.82) is 0 Å². The van der Waals surface area contributed by atoms with Gasteiger partial charge < -0.3 is 15.1 Å².